The third-order valence-corrected chi connectivity index (χ3v) is 9.23. The van der Waals surface area contributed by atoms with Crippen LogP contribution in [-0.2, 0) is 19.1 Å². The first-order valence-corrected chi connectivity index (χ1v) is 15.7. The Morgan fingerprint density at radius 1 is 0.646 bits per heavy atom. The molecule has 3 aromatic heterocycles. The molecule has 0 fully saturated rings. The Hall–Kier alpha value is -5.20. The van der Waals surface area contributed by atoms with Gasteiger partial charge in [0.05, 0.1) is 48.0 Å². The maximum Gasteiger partial charge on any atom is 0.305 e. The van der Waals surface area contributed by atoms with Crippen molar-refractivity contribution in [1.82, 2.24) is 30.9 Å². The summed E-state index contributed by atoms with van der Waals surface area (Å²) in [6, 6.07) is 7.78. The molecule has 12 heteroatoms. The average molecular weight is 655 g/mol. The average Bonchev–Trinajstić information content (AvgIpc) is 3.74. The quantitative estimate of drug-likeness (QED) is 0.145. The number of hydrogen-bond acceptors (Lipinski definition) is 10. The van der Waals surface area contributed by atoms with E-state index in [9.17, 15) is 20.0 Å². The summed E-state index contributed by atoms with van der Waals surface area (Å²) in [5, 5.41) is 21.5. The molecular formula is C36H42N6O6. The van der Waals surface area contributed by atoms with Crippen LogP contribution in [0.3, 0.4) is 0 Å². The van der Waals surface area contributed by atoms with Crippen LogP contribution in [0.25, 0.3) is 55.8 Å². The monoisotopic (exact) mass is 654 g/mol. The van der Waals surface area contributed by atoms with Crippen LogP contribution in [0.4, 0.5) is 0 Å². The van der Waals surface area contributed by atoms with E-state index < -0.39 is 0 Å². The van der Waals surface area contributed by atoms with E-state index in [1.165, 1.54) is 14.2 Å². The lowest BCUT2D eigenvalue weighted by molar-refractivity contribution is -0.141. The number of rotatable bonds is 8. The first-order chi connectivity index (χ1) is 22.9. The molecule has 5 rings (SSSR count). The Kier molecular flexibility index (Phi) is 9.87. The minimum Gasteiger partial charge on any atom is -0.469 e. The molecule has 6 N–H and O–H groups in total. The number of allylic oxidation sites excluding steroid dienone is 4. The smallest absolute Gasteiger partial charge is 0.305 e. The van der Waals surface area contributed by atoms with Crippen LogP contribution in [0.5, 0.6) is 0 Å². The molecule has 0 spiro atoms. The summed E-state index contributed by atoms with van der Waals surface area (Å²) in [6.07, 6.45) is 1.17. The van der Waals surface area contributed by atoms with Gasteiger partial charge in [0, 0.05) is 45.7 Å². The van der Waals surface area contributed by atoms with Crippen molar-refractivity contribution in [1.29, 1.82) is 0 Å². The summed E-state index contributed by atoms with van der Waals surface area (Å²) in [5.41, 5.74) is 16.9. The molecule has 0 saturated carbocycles. The predicted molar refractivity (Wildman–Crippen MR) is 185 cm³/mol. The summed E-state index contributed by atoms with van der Waals surface area (Å²) in [5.74, 6) is -0.648. The highest BCUT2D eigenvalue weighted by Crippen LogP contribution is 2.37. The van der Waals surface area contributed by atoms with Crippen LogP contribution in [-0.4, -0.2) is 56.5 Å². The molecule has 0 aliphatic carbocycles. The number of carbonyl (C=O) groups excluding carboxylic acids is 2. The van der Waals surface area contributed by atoms with Crippen LogP contribution < -0.4 is 21.4 Å². The van der Waals surface area contributed by atoms with Gasteiger partial charge in [-0.3, -0.25) is 31.0 Å². The molecule has 48 heavy (non-hydrogen) atoms. The Morgan fingerprint density at radius 2 is 1.04 bits per heavy atom. The summed E-state index contributed by atoms with van der Waals surface area (Å²) >= 11 is 0. The topological polar surface area (TPSA) is 174 Å². The van der Waals surface area contributed by atoms with Crippen molar-refractivity contribution >= 4 is 67.7 Å². The fourth-order valence-electron chi connectivity index (χ4n) is 6.47. The second-order valence-corrected chi connectivity index (χ2v) is 12.1. The van der Waals surface area contributed by atoms with Gasteiger partial charge < -0.3 is 19.4 Å². The van der Waals surface area contributed by atoms with E-state index in [0.29, 0.717) is 41.3 Å². The summed E-state index contributed by atoms with van der Waals surface area (Å²) in [7, 11) is 2.74. The number of aromatic amines is 2. The third-order valence-electron chi connectivity index (χ3n) is 9.23. The molecule has 0 saturated heterocycles. The Bertz CT molecular complexity index is 2190. The van der Waals surface area contributed by atoms with Crippen molar-refractivity contribution < 1.29 is 29.5 Å². The highest BCUT2D eigenvalue weighted by atomic mass is 16.5. The van der Waals surface area contributed by atoms with Crippen molar-refractivity contribution in [2.75, 3.05) is 14.2 Å². The van der Waals surface area contributed by atoms with Crippen LogP contribution in [0.15, 0.2) is 24.3 Å². The Morgan fingerprint density at radius 3 is 1.46 bits per heavy atom. The highest BCUT2D eigenvalue weighted by molar-refractivity contribution is 5.96. The number of methoxy groups -OCH3 is 2. The molecule has 5 heterocycles. The lowest BCUT2D eigenvalue weighted by Gasteiger charge is -2.06. The van der Waals surface area contributed by atoms with Gasteiger partial charge in [-0.2, -0.15) is 0 Å². The molecular weight excluding hydrogens is 612 g/mol. The number of H-pyrrole nitrogens is 2. The zero-order valence-corrected chi connectivity index (χ0v) is 28.6. The molecule has 0 radical (unpaired) electrons. The van der Waals surface area contributed by atoms with E-state index in [0.717, 1.165) is 71.6 Å². The molecule has 0 aromatic carbocycles. The van der Waals surface area contributed by atoms with Crippen molar-refractivity contribution in [2.45, 2.75) is 67.2 Å². The van der Waals surface area contributed by atoms with Gasteiger partial charge in [0.15, 0.2) is 0 Å². The van der Waals surface area contributed by atoms with Crippen LogP contribution in [0.2, 0.25) is 0 Å². The number of nitrogens with zero attached hydrogens (tertiary/aromatic N) is 2. The maximum absolute atomic E-state index is 12.2. The van der Waals surface area contributed by atoms with Crippen molar-refractivity contribution in [3.63, 3.8) is 0 Å². The normalized spacial score (nSPS) is 14.2. The number of nitrogens with one attached hydrogen (secondary N) is 4. The molecule has 12 nitrogen and oxygen atoms in total. The SMILES string of the molecule is COC(=O)CCC1=C(C)c2cc3[nH]c(cc4[nH]c(cc5nc(cc1n2)C(CCC(=O)OC)=C5C)c(=C(C)NO)c4C)c(=C(C)NO)c3C. The van der Waals surface area contributed by atoms with E-state index in [1.807, 2.05) is 52.0 Å². The second kappa shape index (κ2) is 13.9. The molecule has 0 atom stereocenters. The maximum atomic E-state index is 12.2. The molecule has 2 aliphatic rings. The minimum atomic E-state index is -0.325. The lowest BCUT2D eigenvalue weighted by atomic mass is 9.98. The summed E-state index contributed by atoms with van der Waals surface area (Å²) in [4.78, 5) is 41.6. The number of fused-ring (bicyclic) bond motifs is 8. The van der Waals surface area contributed by atoms with Crippen LogP contribution in [0, 0.1) is 13.8 Å². The third kappa shape index (κ3) is 6.36. The molecule has 2 aliphatic heterocycles. The first kappa shape index (κ1) is 34.1. The first-order valence-electron chi connectivity index (χ1n) is 15.7. The number of hydroxylamine groups is 2. The lowest BCUT2D eigenvalue weighted by Crippen LogP contribution is -2.16. The Labute approximate surface area is 277 Å². The fourth-order valence-corrected chi connectivity index (χ4v) is 6.47. The van der Waals surface area contributed by atoms with Gasteiger partial charge in [0.1, 0.15) is 0 Å². The van der Waals surface area contributed by atoms with E-state index in [1.54, 1.807) is 13.8 Å². The molecule has 8 bridgehead atoms. The van der Waals surface area contributed by atoms with Gasteiger partial charge in [-0.25, -0.2) is 9.97 Å². The van der Waals surface area contributed by atoms with Gasteiger partial charge >= 0.3 is 11.9 Å². The van der Waals surface area contributed by atoms with Crippen LogP contribution in [0.1, 0.15) is 87.3 Å². The summed E-state index contributed by atoms with van der Waals surface area (Å²) < 4.78 is 9.88. The fraction of sp³-hybridized carbons (Fsp3) is 0.333. The van der Waals surface area contributed by atoms with Gasteiger partial charge in [-0.05, 0) is 112 Å². The number of carbonyl (C=O) groups is 2. The van der Waals surface area contributed by atoms with Gasteiger partial charge in [-0.15, -0.1) is 0 Å². The number of ether oxygens (including phenoxy) is 2. The van der Waals surface area contributed by atoms with E-state index in [-0.39, 0.29) is 24.8 Å². The second-order valence-electron chi connectivity index (χ2n) is 12.1. The standard InChI is InChI=1S/C36H42N6O6/c1-17-23(9-11-33(43)47-7)29-16-30-24(10-12-34(44)48-8)18(2)26(38-30)14-31-36(22(6)42-46)20(4)28(40-31)15-32-35(21(5)41-45)19(3)27(39-32)13-25(17)37-29/h13-16,39-42,45-46H,9-12H2,1-8H3. The molecule has 3 aromatic rings. The Balaban J connectivity index is 1.98. The van der Waals surface area contributed by atoms with Crippen LogP contribution >= 0.6 is 0 Å². The number of aromatic nitrogens is 4. The number of hydrogen-bond donors (Lipinski definition) is 6. The van der Waals surface area contributed by atoms with E-state index in [4.69, 9.17) is 19.4 Å². The van der Waals surface area contributed by atoms with Gasteiger partial charge in [-0.1, -0.05) is 0 Å². The molecule has 252 valence electrons. The number of esters is 2. The summed E-state index contributed by atoms with van der Waals surface area (Å²) in [6.45, 7) is 11.5. The van der Waals surface area contributed by atoms with E-state index >= 15 is 0 Å². The molecule has 0 unspecified atom stereocenters. The van der Waals surface area contributed by atoms with E-state index in [2.05, 4.69) is 20.9 Å². The molecule has 0 amide bonds. The highest BCUT2D eigenvalue weighted by Gasteiger charge is 2.23. The van der Waals surface area contributed by atoms with Gasteiger partial charge in [0.25, 0.3) is 0 Å². The van der Waals surface area contributed by atoms with Crippen molar-refractivity contribution in [3.8, 4) is 0 Å². The van der Waals surface area contributed by atoms with Crippen molar-refractivity contribution in [2.24, 2.45) is 0 Å². The van der Waals surface area contributed by atoms with Crippen molar-refractivity contribution in [3.05, 3.63) is 68.6 Å². The largest absolute Gasteiger partial charge is 0.469 e. The minimum absolute atomic E-state index is 0.175. The number of aryl methyl sites for hydroxylation is 2. The zero-order valence-electron chi connectivity index (χ0n) is 28.6. The van der Waals surface area contributed by atoms with Gasteiger partial charge in [0.2, 0.25) is 0 Å². The zero-order chi connectivity index (χ0) is 34.9. The predicted octanol–water partition coefficient (Wildman–Crippen LogP) is 4.91.